The number of nitrogens with zero attached hydrogens (tertiary/aromatic N) is 1. The van der Waals surface area contributed by atoms with Gasteiger partial charge in [0.25, 0.3) is 5.91 Å². The highest BCUT2D eigenvalue weighted by Gasteiger charge is 2.22. The molecule has 2 aromatic rings. The Morgan fingerprint density at radius 2 is 2.16 bits per heavy atom. The van der Waals surface area contributed by atoms with Gasteiger partial charge in [0.05, 0.1) is 11.1 Å². The molecule has 1 aliphatic carbocycles. The van der Waals surface area contributed by atoms with Crippen LogP contribution in [0, 0.1) is 5.92 Å². The number of benzene rings is 1. The molecule has 4 rings (SSSR count). The number of hydrogen-bond donors (Lipinski definition) is 2. The van der Waals surface area contributed by atoms with Crippen molar-refractivity contribution < 1.29 is 4.79 Å². The maximum atomic E-state index is 12.8. The third kappa shape index (κ3) is 3.32. The number of nitrogens with one attached hydrogen (secondary N) is 2. The Labute approximate surface area is 150 Å². The molecule has 2 N–H and O–H groups in total. The predicted molar refractivity (Wildman–Crippen MR) is 102 cm³/mol. The number of piperidine rings is 1. The van der Waals surface area contributed by atoms with Crippen molar-refractivity contribution in [3.8, 4) is 0 Å². The van der Waals surface area contributed by atoms with Crippen molar-refractivity contribution >= 4 is 16.8 Å². The lowest BCUT2D eigenvalue weighted by atomic mass is 9.95. The van der Waals surface area contributed by atoms with Gasteiger partial charge in [0.2, 0.25) is 0 Å². The molecule has 0 bridgehead atoms. The van der Waals surface area contributed by atoms with Crippen LogP contribution in [-0.4, -0.2) is 42.0 Å². The van der Waals surface area contributed by atoms with Crippen LogP contribution in [0.2, 0.25) is 0 Å². The number of carbonyl (C=O) groups excluding carboxylic acids is 1. The Hall–Kier alpha value is -1.81. The fourth-order valence-corrected chi connectivity index (χ4v) is 4.56. The highest BCUT2D eigenvalue weighted by atomic mass is 16.1. The fourth-order valence-electron chi connectivity index (χ4n) is 4.56. The highest BCUT2D eigenvalue weighted by molar-refractivity contribution is 6.06. The van der Waals surface area contributed by atoms with Gasteiger partial charge in [-0.25, -0.2) is 0 Å². The van der Waals surface area contributed by atoms with Gasteiger partial charge < -0.3 is 15.2 Å². The molecule has 25 heavy (non-hydrogen) atoms. The summed E-state index contributed by atoms with van der Waals surface area (Å²) in [5.74, 6) is 0.645. The van der Waals surface area contributed by atoms with Crippen molar-refractivity contribution in [3.05, 3.63) is 35.0 Å². The molecule has 2 aliphatic rings. The zero-order valence-corrected chi connectivity index (χ0v) is 15.2. The van der Waals surface area contributed by atoms with Crippen LogP contribution < -0.4 is 5.32 Å². The molecule has 4 nitrogen and oxygen atoms in total. The van der Waals surface area contributed by atoms with Gasteiger partial charge in [-0.1, -0.05) is 19.1 Å². The first-order chi connectivity index (χ1) is 12.3. The molecule has 1 atom stereocenters. The van der Waals surface area contributed by atoms with Crippen molar-refractivity contribution in [1.29, 1.82) is 0 Å². The number of para-hydroxylation sites is 1. The Balaban J connectivity index is 1.49. The van der Waals surface area contributed by atoms with Crippen molar-refractivity contribution in [2.24, 2.45) is 5.92 Å². The van der Waals surface area contributed by atoms with Gasteiger partial charge in [-0.2, -0.15) is 0 Å². The summed E-state index contributed by atoms with van der Waals surface area (Å²) in [4.78, 5) is 18.9. The third-order valence-corrected chi connectivity index (χ3v) is 5.98. The molecule has 1 aromatic heterocycles. The molecule has 1 aromatic carbocycles. The highest BCUT2D eigenvalue weighted by Crippen LogP contribution is 2.30. The standard InChI is InChI=1S/C21H29N3O/c1-2-24-12-6-7-15(14-24)13-22-21(25)18-10-5-9-17-16-8-3-4-11-19(16)23-20(17)18/h5,9-10,15,23H,2-4,6-8,11-14H2,1H3,(H,22,25). The van der Waals surface area contributed by atoms with E-state index in [0.717, 1.165) is 43.6 Å². The molecular weight excluding hydrogens is 310 g/mol. The summed E-state index contributed by atoms with van der Waals surface area (Å²) in [6, 6.07) is 6.14. The summed E-state index contributed by atoms with van der Waals surface area (Å²) in [7, 11) is 0. The minimum atomic E-state index is 0.0674. The van der Waals surface area contributed by atoms with E-state index < -0.39 is 0 Å². The van der Waals surface area contributed by atoms with Crippen molar-refractivity contribution in [2.45, 2.75) is 45.4 Å². The first-order valence-corrected chi connectivity index (χ1v) is 9.89. The lowest BCUT2D eigenvalue weighted by Crippen LogP contribution is -2.40. The minimum absolute atomic E-state index is 0.0674. The number of hydrogen-bond acceptors (Lipinski definition) is 2. The van der Waals surface area contributed by atoms with Gasteiger partial charge in [0, 0.05) is 24.2 Å². The average Bonchev–Trinajstić information content (AvgIpc) is 3.05. The minimum Gasteiger partial charge on any atom is -0.358 e. The molecule has 4 heteroatoms. The maximum Gasteiger partial charge on any atom is 0.253 e. The van der Waals surface area contributed by atoms with Crippen LogP contribution >= 0.6 is 0 Å². The first-order valence-electron chi connectivity index (χ1n) is 9.89. The van der Waals surface area contributed by atoms with Gasteiger partial charge in [0.15, 0.2) is 0 Å². The number of carbonyl (C=O) groups is 1. The topological polar surface area (TPSA) is 48.1 Å². The quantitative estimate of drug-likeness (QED) is 0.895. The van der Waals surface area contributed by atoms with E-state index in [0.29, 0.717) is 5.92 Å². The first kappa shape index (κ1) is 16.6. The second-order valence-electron chi connectivity index (χ2n) is 7.63. The molecule has 1 amide bonds. The second-order valence-corrected chi connectivity index (χ2v) is 7.63. The number of aryl methyl sites for hydroxylation is 2. The lowest BCUT2D eigenvalue weighted by molar-refractivity contribution is 0.0935. The van der Waals surface area contributed by atoms with E-state index in [4.69, 9.17) is 0 Å². The van der Waals surface area contributed by atoms with Crippen LogP contribution in [-0.2, 0) is 12.8 Å². The Morgan fingerprint density at radius 3 is 3.04 bits per heavy atom. The Bertz CT molecular complexity index is 764. The van der Waals surface area contributed by atoms with Gasteiger partial charge in [0.1, 0.15) is 0 Å². The van der Waals surface area contributed by atoms with Crippen LogP contribution in [0.4, 0.5) is 0 Å². The van der Waals surface area contributed by atoms with Crippen molar-refractivity contribution in [3.63, 3.8) is 0 Å². The third-order valence-electron chi connectivity index (χ3n) is 5.98. The number of fused-ring (bicyclic) bond motifs is 3. The van der Waals surface area contributed by atoms with Crippen LogP contribution in [0.3, 0.4) is 0 Å². The summed E-state index contributed by atoms with van der Waals surface area (Å²) in [5.41, 5.74) is 4.61. The van der Waals surface area contributed by atoms with Gasteiger partial charge >= 0.3 is 0 Å². The maximum absolute atomic E-state index is 12.8. The largest absolute Gasteiger partial charge is 0.358 e. The number of rotatable bonds is 4. The van der Waals surface area contributed by atoms with Gasteiger partial charge in [-0.05, 0) is 69.2 Å². The number of H-pyrrole nitrogens is 1. The van der Waals surface area contributed by atoms with E-state index in [-0.39, 0.29) is 5.91 Å². The summed E-state index contributed by atoms with van der Waals surface area (Å²) >= 11 is 0. The number of aromatic amines is 1. The van der Waals surface area contributed by atoms with E-state index >= 15 is 0 Å². The Kier molecular flexibility index (Phi) is 4.80. The number of aromatic nitrogens is 1. The molecule has 1 fully saturated rings. The molecule has 0 saturated carbocycles. The van der Waals surface area contributed by atoms with Crippen LogP contribution in [0.5, 0.6) is 0 Å². The summed E-state index contributed by atoms with van der Waals surface area (Å²) < 4.78 is 0. The molecule has 1 unspecified atom stereocenters. The molecule has 1 aliphatic heterocycles. The monoisotopic (exact) mass is 339 g/mol. The van der Waals surface area contributed by atoms with Gasteiger partial charge in [-0.15, -0.1) is 0 Å². The van der Waals surface area contributed by atoms with Crippen molar-refractivity contribution in [2.75, 3.05) is 26.2 Å². The second kappa shape index (κ2) is 7.20. The van der Waals surface area contributed by atoms with E-state index in [9.17, 15) is 4.79 Å². The average molecular weight is 339 g/mol. The molecule has 2 heterocycles. The van der Waals surface area contributed by atoms with E-state index in [1.807, 2.05) is 12.1 Å². The lowest BCUT2D eigenvalue weighted by Gasteiger charge is -2.31. The summed E-state index contributed by atoms with van der Waals surface area (Å²) in [6.45, 7) is 6.42. The molecule has 1 saturated heterocycles. The normalized spacial score (nSPS) is 21.2. The van der Waals surface area contributed by atoms with Crippen molar-refractivity contribution in [1.82, 2.24) is 15.2 Å². The van der Waals surface area contributed by atoms with E-state index in [1.165, 1.54) is 48.9 Å². The molecule has 0 spiro atoms. The van der Waals surface area contributed by atoms with Crippen LogP contribution in [0.15, 0.2) is 18.2 Å². The van der Waals surface area contributed by atoms with E-state index in [1.54, 1.807) is 0 Å². The smallest absolute Gasteiger partial charge is 0.253 e. The predicted octanol–water partition coefficient (Wildman–Crippen LogP) is 3.51. The van der Waals surface area contributed by atoms with Gasteiger partial charge in [-0.3, -0.25) is 4.79 Å². The zero-order valence-electron chi connectivity index (χ0n) is 15.2. The molecule has 134 valence electrons. The summed E-state index contributed by atoms with van der Waals surface area (Å²) in [6.07, 6.45) is 7.21. The van der Waals surface area contributed by atoms with Crippen LogP contribution in [0.1, 0.15) is 54.2 Å². The number of amides is 1. The molecular formula is C21H29N3O. The van der Waals surface area contributed by atoms with E-state index in [2.05, 4.69) is 28.2 Å². The fraction of sp³-hybridized carbons (Fsp3) is 0.571. The zero-order chi connectivity index (χ0) is 17.2. The molecule has 0 radical (unpaired) electrons. The Morgan fingerprint density at radius 1 is 1.28 bits per heavy atom. The number of likely N-dealkylation sites (tertiary alicyclic amines) is 1. The van der Waals surface area contributed by atoms with Crippen LogP contribution in [0.25, 0.3) is 10.9 Å². The summed E-state index contributed by atoms with van der Waals surface area (Å²) in [5, 5.41) is 4.45. The SMILES string of the molecule is CCN1CCCC(CNC(=O)c2cccc3c4c([nH]c23)CCCC4)C1.